The Balaban J connectivity index is 1.25. The Labute approximate surface area is 188 Å². The summed E-state index contributed by atoms with van der Waals surface area (Å²) < 4.78 is 34.1. The first kappa shape index (κ1) is 23.1. The molecule has 0 amide bonds. The maximum Gasteiger partial charge on any atom is 0.200 e. The summed E-state index contributed by atoms with van der Waals surface area (Å²) in [6, 6.07) is 3.37. The highest BCUT2D eigenvalue weighted by Crippen LogP contribution is 2.48. The molecule has 2 atom stereocenters. The van der Waals surface area contributed by atoms with Gasteiger partial charge in [0, 0.05) is 0 Å². The summed E-state index contributed by atoms with van der Waals surface area (Å²) in [5.41, 5.74) is 0.561. The molecule has 0 radical (unpaired) electrons. The van der Waals surface area contributed by atoms with Crippen LogP contribution in [-0.4, -0.2) is 6.61 Å². The predicted molar refractivity (Wildman–Crippen MR) is 123 cm³/mol. The molecule has 3 heteroatoms. The highest BCUT2D eigenvalue weighted by atomic mass is 19.2. The van der Waals surface area contributed by atoms with Crippen molar-refractivity contribution < 1.29 is 13.5 Å². The van der Waals surface area contributed by atoms with Crippen molar-refractivity contribution in [3.63, 3.8) is 0 Å². The Hall–Kier alpha value is -1.12. The van der Waals surface area contributed by atoms with Crippen molar-refractivity contribution in [2.45, 2.75) is 103 Å². The van der Waals surface area contributed by atoms with Gasteiger partial charge in [0.15, 0.2) is 11.6 Å². The van der Waals surface area contributed by atoms with E-state index in [1.165, 1.54) is 70.6 Å². The number of hydrogen-bond donors (Lipinski definition) is 0. The normalized spacial score (nSPS) is 34.1. The van der Waals surface area contributed by atoms with E-state index in [9.17, 15) is 8.78 Å². The third-order valence-corrected chi connectivity index (χ3v) is 9.02. The topological polar surface area (TPSA) is 9.23 Å². The monoisotopic (exact) mass is 432 g/mol. The van der Waals surface area contributed by atoms with E-state index in [0.29, 0.717) is 12.2 Å². The fraction of sp³-hybridized carbons (Fsp3) is 0.786. The lowest BCUT2D eigenvalue weighted by Gasteiger charge is -2.39. The number of rotatable bonds is 7. The summed E-state index contributed by atoms with van der Waals surface area (Å²) in [7, 11) is 0. The summed E-state index contributed by atoms with van der Waals surface area (Å²) in [4.78, 5) is 0. The van der Waals surface area contributed by atoms with Gasteiger partial charge in [-0.15, -0.1) is 0 Å². The molecule has 3 fully saturated rings. The maximum absolute atomic E-state index is 14.6. The zero-order valence-corrected chi connectivity index (χ0v) is 19.7. The zero-order valence-electron chi connectivity index (χ0n) is 19.7. The van der Waals surface area contributed by atoms with Gasteiger partial charge in [-0.2, -0.15) is 4.39 Å². The summed E-state index contributed by atoms with van der Waals surface area (Å²) in [5.74, 6) is 3.36. The lowest BCUT2D eigenvalue weighted by molar-refractivity contribution is 0.133. The van der Waals surface area contributed by atoms with Gasteiger partial charge in [-0.25, -0.2) is 4.39 Å². The molecule has 1 aromatic rings. The SMILES string of the molecule is CCCC1CCC(C2CCC(C3CCC(c4ccc(OCC)c(F)c4F)CC3)CC2)C1. The van der Waals surface area contributed by atoms with Crippen LogP contribution >= 0.6 is 0 Å². The second-order valence-electron chi connectivity index (χ2n) is 10.7. The van der Waals surface area contributed by atoms with Crippen molar-refractivity contribution in [2.75, 3.05) is 6.61 Å². The smallest absolute Gasteiger partial charge is 0.200 e. The van der Waals surface area contributed by atoms with Crippen molar-refractivity contribution in [2.24, 2.45) is 29.6 Å². The van der Waals surface area contributed by atoms with Crippen LogP contribution in [0.1, 0.15) is 109 Å². The first-order chi connectivity index (χ1) is 15.1. The van der Waals surface area contributed by atoms with Crippen LogP contribution in [0.5, 0.6) is 5.75 Å². The highest BCUT2D eigenvalue weighted by molar-refractivity contribution is 5.33. The van der Waals surface area contributed by atoms with Crippen molar-refractivity contribution in [1.82, 2.24) is 0 Å². The first-order valence-corrected chi connectivity index (χ1v) is 13.2. The van der Waals surface area contributed by atoms with Crippen LogP contribution in [0.15, 0.2) is 12.1 Å². The van der Waals surface area contributed by atoms with Crippen molar-refractivity contribution in [3.05, 3.63) is 29.3 Å². The molecule has 0 bridgehead atoms. The molecule has 3 saturated carbocycles. The molecule has 31 heavy (non-hydrogen) atoms. The molecular formula is C28H42F2O. The minimum Gasteiger partial charge on any atom is -0.491 e. The second kappa shape index (κ2) is 10.7. The molecule has 0 aromatic heterocycles. The van der Waals surface area contributed by atoms with Gasteiger partial charge in [-0.1, -0.05) is 32.3 Å². The molecule has 174 valence electrons. The number of ether oxygens (including phenoxy) is 1. The van der Waals surface area contributed by atoms with Gasteiger partial charge < -0.3 is 4.74 Å². The maximum atomic E-state index is 14.6. The van der Waals surface area contributed by atoms with Gasteiger partial charge in [0.2, 0.25) is 5.82 Å². The Kier molecular flexibility index (Phi) is 7.93. The third kappa shape index (κ3) is 5.28. The van der Waals surface area contributed by atoms with E-state index in [0.717, 1.165) is 42.4 Å². The summed E-state index contributed by atoms with van der Waals surface area (Å²) in [6.07, 6.45) is 17.3. The molecular weight excluding hydrogens is 390 g/mol. The lowest BCUT2D eigenvalue weighted by Crippen LogP contribution is -2.27. The van der Waals surface area contributed by atoms with Gasteiger partial charge in [-0.3, -0.25) is 0 Å². The average molecular weight is 433 g/mol. The fourth-order valence-electron chi connectivity index (χ4n) is 7.33. The number of hydrogen-bond acceptors (Lipinski definition) is 1. The third-order valence-electron chi connectivity index (χ3n) is 9.02. The molecule has 0 spiro atoms. The molecule has 3 aliphatic carbocycles. The van der Waals surface area contributed by atoms with E-state index in [1.54, 1.807) is 19.1 Å². The fourth-order valence-corrected chi connectivity index (χ4v) is 7.33. The van der Waals surface area contributed by atoms with Crippen LogP contribution in [0.3, 0.4) is 0 Å². The van der Waals surface area contributed by atoms with Crippen LogP contribution in [0.2, 0.25) is 0 Å². The van der Waals surface area contributed by atoms with Crippen LogP contribution < -0.4 is 4.74 Å². The molecule has 3 aliphatic rings. The molecule has 0 N–H and O–H groups in total. The Morgan fingerprint density at radius 3 is 1.94 bits per heavy atom. The van der Waals surface area contributed by atoms with Crippen molar-refractivity contribution >= 4 is 0 Å². The Morgan fingerprint density at radius 1 is 0.742 bits per heavy atom. The summed E-state index contributed by atoms with van der Waals surface area (Å²) in [6.45, 7) is 4.47. The molecule has 2 unspecified atom stereocenters. The standard InChI is InChI=1S/C28H42F2O/c1-3-5-19-6-7-24(18-19)22-10-8-20(9-11-22)21-12-14-23(15-13-21)25-16-17-26(31-4-2)28(30)27(25)29/h16-17,19-24H,3-15,18H2,1-2H3. The van der Waals surface area contributed by atoms with Gasteiger partial charge in [0.1, 0.15) is 0 Å². The van der Waals surface area contributed by atoms with Crippen LogP contribution in [0.4, 0.5) is 8.78 Å². The Morgan fingerprint density at radius 2 is 1.32 bits per heavy atom. The van der Waals surface area contributed by atoms with Gasteiger partial charge in [0.05, 0.1) is 6.61 Å². The van der Waals surface area contributed by atoms with E-state index >= 15 is 0 Å². The van der Waals surface area contributed by atoms with E-state index in [1.807, 2.05) is 0 Å². The molecule has 0 heterocycles. The largest absolute Gasteiger partial charge is 0.491 e. The van der Waals surface area contributed by atoms with E-state index < -0.39 is 11.6 Å². The quantitative estimate of drug-likeness (QED) is 0.419. The molecule has 4 rings (SSSR count). The van der Waals surface area contributed by atoms with Crippen LogP contribution in [-0.2, 0) is 0 Å². The zero-order chi connectivity index (χ0) is 21.8. The first-order valence-electron chi connectivity index (χ1n) is 13.2. The minimum absolute atomic E-state index is 0.0393. The number of halogens is 2. The Bertz CT molecular complexity index is 701. The minimum atomic E-state index is -0.812. The summed E-state index contributed by atoms with van der Waals surface area (Å²) >= 11 is 0. The van der Waals surface area contributed by atoms with Crippen molar-refractivity contribution in [1.29, 1.82) is 0 Å². The summed E-state index contributed by atoms with van der Waals surface area (Å²) in [5, 5.41) is 0. The second-order valence-corrected chi connectivity index (χ2v) is 10.7. The molecule has 1 nitrogen and oxygen atoms in total. The number of benzene rings is 1. The van der Waals surface area contributed by atoms with Gasteiger partial charge in [-0.05, 0) is 118 Å². The molecule has 1 aromatic carbocycles. The van der Waals surface area contributed by atoms with E-state index in [-0.39, 0.29) is 11.7 Å². The molecule has 0 saturated heterocycles. The van der Waals surface area contributed by atoms with Crippen LogP contribution in [0.25, 0.3) is 0 Å². The molecule has 0 aliphatic heterocycles. The van der Waals surface area contributed by atoms with Crippen molar-refractivity contribution in [3.8, 4) is 5.75 Å². The highest BCUT2D eigenvalue weighted by Gasteiger charge is 2.36. The predicted octanol–water partition coefficient (Wildman–Crippen LogP) is 8.66. The van der Waals surface area contributed by atoms with E-state index in [4.69, 9.17) is 4.74 Å². The van der Waals surface area contributed by atoms with Gasteiger partial charge >= 0.3 is 0 Å². The van der Waals surface area contributed by atoms with Crippen LogP contribution in [0, 0.1) is 41.2 Å². The average Bonchev–Trinajstić information content (AvgIpc) is 3.26. The van der Waals surface area contributed by atoms with Gasteiger partial charge in [0.25, 0.3) is 0 Å². The lowest BCUT2D eigenvalue weighted by atomic mass is 9.66. The van der Waals surface area contributed by atoms with E-state index in [2.05, 4.69) is 6.92 Å².